The van der Waals surface area contributed by atoms with Crippen LogP contribution in [-0.4, -0.2) is 14.2 Å². The van der Waals surface area contributed by atoms with E-state index in [2.05, 4.69) is 0 Å². The summed E-state index contributed by atoms with van der Waals surface area (Å²) in [6.45, 7) is 0. The number of hydrogen-bond donors (Lipinski definition) is 1. The van der Waals surface area contributed by atoms with Gasteiger partial charge in [0.15, 0.2) is 0 Å². The van der Waals surface area contributed by atoms with Crippen LogP contribution in [0.15, 0.2) is 0 Å². The van der Waals surface area contributed by atoms with Gasteiger partial charge in [0.2, 0.25) is 0 Å². The summed E-state index contributed by atoms with van der Waals surface area (Å²) in [4.78, 5) is 16.7. The molecule has 0 spiro atoms. The SMILES string of the molecule is Cl.O=[P+]([O-])[Si]O. The molecule has 1 unspecified atom stereocenters. The quantitative estimate of drug-likeness (QED) is 0.381. The minimum atomic E-state index is -2.51. The molecule has 0 fully saturated rings. The van der Waals surface area contributed by atoms with E-state index < -0.39 is 17.0 Å². The molecule has 0 aromatic heterocycles. The van der Waals surface area contributed by atoms with Crippen LogP contribution in [0.5, 0.6) is 0 Å². The minimum Gasteiger partial charge on any atom is -0.607 e. The predicted molar refractivity (Wildman–Crippen MR) is 22.8 cm³/mol. The van der Waals surface area contributed by atoms with Crippen molar-refractivity contribution >= 4 is 29.4 Å². The van der Waals surface area contributed by atoms with E-state index in [1.807, 2.05) is 0 Å². The third-order valence-corrected chi connectivity index (χ3v) is 0.735. The van der Waals surface area contributed by atoms with Crippen molar-refractivity contribution in [2.75, 3.05) is 0 Å². The first kappa shape index (κ1) is 9.73. The fourth-order valence-corrected chi connectivity index (χ4v) is 0. The molecule has 0 bridgehead atoms. The van der Waals surface area contributed by atoms with Crippen molar-refractivity contribution in [2.24, 2.45) is 0 Å². The molecule has 0 rings (SSSR count). The molecule has 3 nitrogen and oxygen atoms in total. The average Bonchev–Trinajstić information content (AvgIpc) is 1.38. The number of rotatable bonds is 1. The molecule has 0 amide bonds. The van der Waals surface area contributed by atoms with E-state index in [0.717, 1.165) is 0 Å². The van der Waals surface area contributed by atoms with Gasteiger partial charge in [-0.1, -0.05) is 4.57 Å². The summed E-state index contributed by atoms with van der Waals surface area (Å²) >= 11 is 0. The zero-order chi connectivity index (χ0) is 4.28. The van der Waals surface area contributed by atoms with E-state index in [4.69, 9.17) is 14.3 Å². The molecule has 6 heteroatoms. The molecule has 1 N–H and O–H groups in total. The fraction of sp³-hybridized carbons (Fsp3) is 0. The summed E-state index contributed by atoms with van der Waals surface area (Å²) in [5.74, 6) is 0. The van der Waals surface area contributed by atoms with Crippen molar-refractivity contribution < 1.29 is 14.3 Å². The Morgan fingerprint density at radius 1 is 1.83 bits per heavy atom. The maximum atomic E-state index is 9.17. The van der Waals surface area contributed by atoms with Crippen LogP contribution in [-0.2, 0) is 4.57 Å². The molecule has 0 aromatic rings. The molecular formula is H2ClO3PSi. The molecule has 0 aliphatic rings. The van der Waals surface area contributed by atoms with Crippen LogP contribution in [0.25, 0.3) is 0 Å². The van der Waals surface area contributed by atoms with E-state index in [1.54, 1.807) is 0 Å². The molecule has 0 aliphatic heterocycles. The van der Waals surface area contributed by atoms with Gasteiger partial charge in [-0.2, -0.15) is 0 Å². The van der Waals surface area contributed by atoms with Crippen LogP contribution in [0.2, 0.25) is 0 Å². The Balaban J connectivity index is 0. The molecule has 1 atom stereocenters. The summed E-state index contributed by atoms with van der Waals surface area (Å²) in [7, 11) is -3.45. The third-order valence-electron chi connectivity index (χ3n) is 0.0816. The highest BCUT2D eigenvalue weighted by Gasteiger charge is 1.98. The van der Waals surface area contributed by atoms with Crippen LogP contribution in [0, 0.1) is 0 Å². The van der Waals surface area contributed by atoms with Crippen LogP contribution in [0.3, 0.4) is 0 Å². The van der Waals surface area contributed by atoms with E-state index in [9.17, 15) is 0 Å². The van der Waals surface area contributed by atoms with Crippen LogP contribution < -0.4 is 4.89 Å². The molecular weight excluding hydrogens is 143 g/mol. The monoisotopic (exact) mass is 144 g/mol. The normalized spacial score (nSPS) is 9.33. The second-order valence-corrected chi connectivity index (χ2v) is 2.77. The molecule has 2 radical (unpaired) electrons. The van der Waals surface area contributed by atoms with Gasteiger partial charge < -0.3 is 9.69 Å². The van der Waals surface area contributed by atoms with Crippen LogP contribution >= 0.6 is 20.0 Å². The van der Waals surface area contributed by atoms with Gasteiger partial charge in [-0.15, -0.1) is 12.4 Å². The maximum Gasteiger partial charge on any atom is 0.610 e. The van der Waals surface area contributed by atoms with Gasteiger partial charge in [0, 0.05) is 0 Å². The maximum absolute atomic E-state index is 9.17. The van der Waals surface area contributed by atoms with E-state index >= 15 is 0 Å². The molecule has 6 heavy (non-hydrogen) atoms. The van der Waals surface area contributed by atoms with Crippen molar-refractivity contribution in [1.82, 2.24) is 0 Å². The average molecular weight is 145 g/mol. The first-order valence-corrected chi connectivity index (χ1v) is 3.78. The van der Waals surface area contributed by atoms with E-state index in [-0.39, 0.29) is 12.4 Å². The lowest BCUT2D eigenvalue weighted by Gasteiger charge is -1.66. The Hall–Kier alpha value is 0.527. The van der Waals surface area contributed by atoms with Gasteiger partial charge in [0.1, 0.15) is 0 Å². The summed E-state index contributed by atoms with van der Waals surface area (Å²) in [6, 6.07) is 0. The highest BCUT2D eigenvalue weighted by molar-refractivity contribution is 7.68. The van der Waals surface area contributed by atoms with Crippen molar-refractivity contribution in [3.8, 4) is 0 Å². The van der Waals surface area contributed by atoms with Crippen LogP contribution in [0.1, 0.15) is 0 Å². The minimum absolute atomic E-state index is 0. The highest BCUT2D eigenvalue weighted by atomic mass is 35.5. The Bertz CT molecular complexity index is 46.1. The topological polar surface area (TPSA) is 60.4 Å². The van der Waals surface area contributed by atoms with Gasteiger partial charge in [0.25, 0.3) is 7.58 Å². The largest absolute Gasteiger partial charge is 0.610 e. The summed E-state index contributed by atoms with van der Waals surface area (Å²) in [5.41, 5.74) is 0. The van der Waals surface area contributed by atoms with E-state index in [0.29, 0.717) is 0 Å². The van der Waals surface area contributed by atoms with E-state index in [1.165, 1.54) is 0 Å². The zero-order valence-corrected chi connectivity index (χ0v) is 5.33. The van der Waals surface area contributed by atoms with Gasteiger partial charge in [-0.05, 0) is 0 Å². The molecule has 0 saturated heterocycles. The smallest absolute Gasteiger partial charge is 0.607 e. The Labute approximate surface area is 44.5 Å². The van der Waals surface area contributed by atoms with Crippen molar-refractivity contribution in [3.63, 3.8) is 0 Å². The Kier molecular flexibility index (Phi) is 8.96. The first-order valence-electron chi connectivity index (χ1n) is 0.812. The lowest BCUT2D eigenvalue weighted by atomic mass is 15.9. The molecule has 0 aromatic carbocycles. The molecule has 0 aliphatic carbocycles. The van der Waals surface area contributed by atoms with Gasteiger partial charge in [-0.25, -0.2) is 0 Å². The summed E-state index contributed by atoms with van der Waals surface area (Å²) in [6.07, 6.45) is 0. The Morgan fingerprint density at radius 3 is 2.00 bits per heavy atom. The van der Waals surface area contributed by atoms with Gasteiger partial charge >= 0.3 is 9.43 Å². The summed E-state index contributed by atoms with van der Waals surface area (Å²) in [5, 5.41) is 0. The van der Waals surface area contributed by atoms with Crippen LogP contribution in [0.4, 0.5) is 0 Å². The molecule has 0 heterocycles. The second kappa shape index (κ2) is 5.53. The highest BCUT2D eigenvalue weighted by Crippen LogP contribution is 1.95. The molecule has 0 saturated carbocycles. The third kappa shape index (κ3) is 8.82. The van der Waals surface area contributed by atoms with Crippen molar-refractivity contribution in [3.05, 3.63) is 0 Å². The number of hydrogen-bond acceptors (Lipinski definition) is 3. The van der Waals surface area contributed by atoms with Crippen molar-refractivity contribution in [1.29, 1.82) is 0 Å². The first-order chi connectivity index (χ1) is 2.27. The summed E-state index contributed by atoms with van der Waals surface area (Å²) < 4.78 is 9.17. The van der Waals surface area contributed by atoms with Crippen molar-refractivity contribution in [2.45, 2.75) is 0 Å². The lowest BCUT2D eigenvalue weighted by Crippen LogP contribution is -1.91. The molecule has 36 valence electrons. The number of halogens is 1. The second-order valence-electron chi connectivity index (χ2n) is 0.357. The van der Waals surface area contributed by atoms with Gasteiger partial charge in [0.05, 0.1) is 0 Å². The zero-order valence-electron chi connectivity index (χ0n) is 2.62. The standard InChI is InChI=1S/ClH.HO3PSi/c;1-4(2)5-3/h1H;3H. The van der Waals surface area contributed by atoms with Gasteiger partial charge in [-0.3, -0.25) is 0 Å². The lowest BCUT2D eigenvalue weighted by molar-refractivity contribution is -0.159. The predicted octanol–water partition coefficient (Wildman–Crippen LogP) is -0.963. The fourth-order valence-electron chi connectivity index (χ4n) is 0. The Morgan fingerprint density at radius 2 is 2.00 bits per heavy atom.